The van der Waals surface area contributed by atoms with Crippen molar-refractivity contribution in [2.24, 2.45) is 5.73 Å². The molecule has 7 nitrogen and oxygen atoms in total. The summed E-state index contributed by atoms with van der Waals surface area (Å²) in [5.74, 6) is -1.10. The van der Waals surface area contributed by atoms with Crippen LogP contribution in [0.3, 0.4) is 0 Å². The fourth-order valence-corrected chi connectivity index (χ4v) is 2.48. The van der Waals surface area contributed by atoms with E-state index in [1.54, 1.807) is 19.2 Å². The number of nitrogens with zero attached hydrogens (tertiary/aromatic N) is 1. The lowest BCUT2D eigenvalue weighted by Crippen LogP contribution is -2.32. The lowest BCUT2D eigenvalue weighted by Gasteiger charge is -2.07. The van der Waals surface area contributed by atoms with Gasteiger partial charge in [0.15, 0.2) is 0 Å². The van der Waals surface area contributed by atoms with Crippen LogP contribution in [0.15, 0.2) is 12.3 Å². The van der Waals surface area contributed by atoms with Gasteiger partial charge < -0.3 is 15.8 Å². The molecular formula is C13H15N3O4. The summed E-state index contributed by atoms with van der Waals surface area (Å²) >= 11 is 0. The maximum atomic E-state index is 11.2. The second-order valence-electron chi connectivity index (χ2n) is 4.83. The summed E-state index contributed by atoms with van der Waals surface area (Å²) in [6.07, 6.45) is 1.71. The Labute approximate surface area is 114 Å². The van der Waals surface area contributed by atoms with E-state index >= 15 is 0 Å². The first-order chi connectivity index (χ1) is 9.32. The maximum Gasteiger partial charge on any atom is 0.320 e. The number of nitrogens with two attached hydrogens (primary N) is 1. The van der Waals surface area contributed by atoms with Crippen LogP contribution < -0.4 is 5.73 Å². The van der Waals surface area contributed by atoms with Crippen LogP contribution in [-0.4, -0.2) is 27.0 Å². The highest BCUT2D eigenvalue weighted by Crippen LogP contribution is 2.33. The zero-order valence-electron chi connectivity index (χ0n) is 11.1. The molecule has 0 saturated carbocycles. The number of aliphatic carboxylic acids is 1. The van der Waals surface area contributed by atoms with Gasteiger partial charge in [-0.15, -0.1) is 0 Å². The Morgan fingerprint density at radius 3 is 2.70 bits per heavy atom. The van der Waals surface area contributed by atoms with Gasteiger partial charge in [-0.25, -0.2) is 0 Å². The molecule has 0 amide bonds. The Morgan fingerprint density at radius 1 is 1.50 bits per heavy atom. The minimum absolute atomic E-state index is 0.0146. The van der Waals surface area contributed by atoms with E-state index in [9.17, 15) is 14.9 Å². The standard InChI is InChI=1S/C13H15N3O4/c1-6-3-7(2)12(16(19)20)11-10(6)8(5-15-11)4-9(14)13(17)18/h3,5,9,15H,4,14H2,1-2H3,(H,17,18). The van der Waals surface area contributed by atoms with E-state index in [0.29, 0.717) is 22.0 Å². The third kappa shape index (κ3) is 2.23. The van der Waals surface area contributed by atoms with Gasteiger partial charge in [0.25, 0.3) is 5.69 Å². The van der Waals surface area contributed by atoms with Crippen molar-refractivity contribution in [3.05, 3.63) is 39.1 Å². The van der Waals surface area contributed by atoms with E-state index in [1.165, 1.54) is 0 Å². The summed E-state index contributed by atoms with van der Waals surface area (Å²) < 4.78 is 0. The number of rotatable bonds is 4. The normalized spacial score (nSPS) is 12.6. The van der Waals surface area contributed by atoms with Crippen LogP contribution in [-0.2, 0) is 11.2 Å². The zero-order chi connectivity index (χ0) is 15.0. The van der Waals surface area contributed by atoms with Gasteiger partial charge in [-0.2, -0.15) is 0 Å². The van der Waals surface area contributed by atoms with E-state index in [2.05, 4.69) is 4.98 Å². The number of carboxylic acids is 1. The number of nitro benzene ring substituents is 1. The van der Waals surface area contributed by atoms with Gasteiger partial charge in [0, 0.05) is 23.6 Å². The monoisotopic (exact) mass is 277 g/mol. The van der Waals surface area contributed by atoms with E-state index < -0.39 is 16.9 Å². The first-order valence-electron chi connectivity index (χ1n) is 6.05. The topological polar surface area (TPSA) is 122 Å². The van der Waals surface area contributed by atoms with Gasteiger partial charge in [0.05, 0.1) is 4.92 Å². The van der Waals surface area contributed by atoms with Crippen molar-refractivity contribution >= 4 is 22.6 Å². The molecule has 2 aromatic rings. The molecule has 0 aliphatic heterocycles. The number of benzene rings is 1. The Bertz CT molecular complexity index is 705. The average Bonchev–Trinajstić information content (AvgIpc) is 2.72. The van der Waals surface area contributed by atoms with Crippen LogP contribution >= 0.6 is 0 Å². The number of nitro groups is 1. The molecule has 0 aliphatic carbocycles. The maximum absolute atomic E-state index is 11.2. The summed E-state index contributed by atoms with van der Waals surface area (Å²) in [5.41, 5.74) is 8.06. The van der Waals surface area contributed by atoms with Gasteiger partial charge in [0.2, 0.25) is 0 Å². The first-order valence-corrected chi connectivity index (χ1v) is 6.05. The Morgan fingerprint density at radius 2 is 2.15 bits per heavy atom. The van der Waals surface area contributed by atoms with Gasteiger partial charge >= 0.3 is 5.97 Å². The van der Waals surface area contributed by atoms with Crippen molar-refractivity contribution in [2.75, 3.05) is 0 Å². The SMILES string of the molecule is Cc1cc(C)c2c(CC(N)C(=O)O)c[nH]c2c1[N+](=O)[O-]. The number of aryl methyl sites for hydroxylation is 2. The lowest BCUT2D eigenvalue weighted by molar-refractivity contribution is -0.383. The van der Waals surface area contributed by atoms with Crippen molar-refractivity contribution in [2.45, 2.75) is 26.3 Å². The molecule has 7 heteroatoms. The lowest BCUT2D eigenvalue weighted by atomic mass is 9.99. The molecule has 1 aromatic heterocycles. The minimum atomic E-state index is -1.10. The molecule has 0 bridgehead atoms. The molecule has 20 heavy (non-hydrogen) atoms. The first kappa shape index (κ1) is 14.0. The van der Waals surface area contributed by atoms with Gasteiger partial charge in [-0.05, 0) is 31.0 Å². The number of carboxylic acid groups (broad SMARTS) is 1. The molecule has 0 aliphatic rings. The molecule has 0 radical (unpaired) electrons. The zero-order valence-corrected chi connectivity index (χ0v) is 11.1. The van der Waals surface area contributed by atoms with Crippen molar-refractivity contribution in [1.82, 2.24) is 4.98 Å². The quantitative estimate of drug-likeness (QED) is 0.579. The molecule has 0 spiro atoms. The van der Waals surface area contributed by atoms with E-state index in [4.69, 9.17) is 10.8 Å². The van der Waals surface area contributed by atoms with Crippen LogP contribution in [0.25, 0.3) is 10.9 Å². The van der Waals surface area contributed by atoms with Gasteiger partial charge in [0.1, 0.15) is 11.6 Å². The summed E-state index contributed by atoms with van der Waals surface area (Å²) in [4.78, 5) is 24.4. The highest BCUT2D eigenvalue weighted by molar-refractivity contribution is 5.95. The molecule has 1 heterocycles. The Kier molecular flexibility index (Phi) is 3.46. The summed E-state index contributed by atoms with van der Waals surface area (Å²) in [6.45, 7) is 3.51. The summed E-state index contributed by atoms with van der Waals surface area (Å²) in [7, 11) is 0. The largest absolute Gasteiger partial charge is 0.480 e. The van der Waals surface area contributed by atoms with E-state index in [1.807, 2.05) is 6.92 Å². The fraction of sp³-hybridized carbons (Fsp3) is 0.308. The van der Waals surface area contributed by atoms with Gasteiger partial charge in [-0.3, -0.25) is 14.9 Å². The van der Waals surface area contributed by atoms with E-state index in [-0.39, 0.29) is 12.1 Å². The summed E-state index contributed by atoms with van der Waals surface area (Å²) in [6, 6.07) is 0.693. The number of aromatic amines is 1. The second-order valence-corrected chi connectivity index (χ2v) is 4.83. The number of hydrogen-bond donors (Lipinski definition) is 3. The number of aromatic nitrogens is 1. The molecular weight excluding hydrogens is 262 g/mol. The number of H-pyrrole nitrogens is 1. The minimum Gasteiger partial charge on any atom is -0.480 e. The number of carbonyl (C=O) groups is 1. The third-order valence-corrected chi connectivity index (χ3v) is 3.34. The average molecular weight is 277 g/mol. The molecule has 0 fully saturated rings. The second kappa shape index (κ2) is 4.93. The van der Waals surface area contributed by atoms with Crippen LogP contribution in [0.2, 0.25) is 0 Å². The molecule has 1 aromatic carbocycles. The van der Waals surface area contributed by atoms with E-state index in [0.717, 1.165) is 5.56 Å². The highest BCUT2D eigenvalue weighted by Gasteiger charge is 2.22. The third-order valence-electron chi connectivity index (χ3n) is 3.34. The predicted octanol–water partition coefficient (Wildman–Crippen LogP) is 1.65. The Balaban J connectivity index is 2.63. The number of nitrogens with one attached hydrogen (secondary N) is 1. The number of fused-ring (bicyclic) bond motifs is 1. The summed E-state index contributed by atoms with van der Waals surface area (Å²) in [5, 5.41) is 20.7. The molecule has 106 valence electrons. The van der Waals surface area contributed by atoms with Crippen molar-refractivity contribution in [3.8, 4) is 0 Å². The van der Waals surface area contributed by atoms with Gasteiger partial charge in [-0.1, -0.05) is 0 Å². The smallest absolute Gasteiger partial charge is 0.320 e. The molecule has 0 saturated heterocycles. The van der Waals surface area contributed by atoms with Crippen molar-refractivity contribution in [3.63, 3.8) is 0 Å². The molecule has 4 N–H and O–H groups in total. The van der Waals surface area contributed by atoms with Crippen LogP contribution in [0.5, 0.6) is 0 Å². The van der Waals surface area contributed by atoms with Crippen LogP contribution in [0.4, 0.5) is 5.69 Å². The van der Waals surface area contributed by atoms with Crippen molar-refractivity contribution in [1.29, 1.82) is 0 Å². The molecule has 2 rings (SSSR count). The van der Waals surface area contributed by atoms with Crippen LogP contribution in [0.1, 0.15) is 16.7 Å². The Hall–Kier alpha value is -2.41. The highest BCUT2D eigenvalue weighted by atomic mass is 16.6. The molecule has 1 atom stereocenters. The van der Waals surface area contributed by atoms with Crippen LogP contribution in [0, 0.1) is 24.0 Å². The fourth-order valence-electron chi connectivity index (χ4n) is 2.48. The molecule has 1 unspecified atom stereocenters. The number of hydrogen-bond acceptors (Lipinski definition) is 4. The van der Waals surface area contributed by atoms with Crippen molar-refractivity contribution < 1.29 is 14.8 Å². The predicted molar refractivity (Wildman–Crippen MR) is 73.7 cm³/mol.